The molecule has 1 unspecified atom stereocenters. The summed E-state index contributed by atoms with van der Waals surface area (Å²) in [6.45, 7) is -0.0304. The van der Waals surface area contributed by atoms with Crippen molar-refractivity contribution in [2.24, 2.45) is 16.5 Å². The average Bonchev–Trinajstić information content (AvgIpc) is 2.56. The summed E-state index contributed by atoms with van der Waals surface area (Å²) in [7, 11) is -0.366. The van der Waals surface area contributed by atoms with Gasteiger partial charge in [0, 0.05) is 13.6 Å². The molecule has 1 rings (SSSR count). The fraction of sp³-hybridized carbons (Fsp3) is 0.400. The van der Waals surface area contributed by atoms with Crippen LogP contribution in [0.1, 0.15) is 23.2 Å². The van der Waals surface area contributed by atoms with Crippen LogP contribution in [0.5, 0.6) is 5.75 Å². The SMILES string of the molecule is CN(CC(=O)NC(CCCN=C(N)N)B(O)O)C(=O)c1ccccc1O. The lowest BCUT2D eigenvalue weighted by atomic mass is 9.76. The molecule has 2 amide bonds. The average molecular weight is 365 g/mol. The van der Waals surface area contributed by atoms with Gasteiger partial charge in [-0.1, -0.05) is 12.1 Å². The molecule has 0 spiro atoms. The highest BCUT2D eigenvalue weighted by Gasteiger charge is 2.26. The molecule has 0 aliphatic rings. The van der Waals surface area contributed by atoms with E-state index in [4.69, 9.17) is 11.5 Å². The Morgan fingerprint density at radius 3 is 2.54 bits per heavy atom. The Hall–Kier alpha value is -2.79. The minimum Gasteiger partial charge on any atom is -0.507 e. The standard InChI is InChI=1S/C15H24BN5O5/c1-21(14(24)10-5-2-3-6-11(10)22)9-13(23)20-12(16(25)26)7-4-8-19-15(17)18/h2-3,5-6,12,22,25-26H,4,7-9H2,1H3,(H,20,23)(H4,17,18,19). The number of hydrogen-bond donors (Lipinski definition) is 6. The smallest absolute Gasteiger partial charge is 0.475 e. The zero-order valence-corrected chi connectivity index (χ0v) is 14.5. The molecule has 11 heteroatoms. The lowest BCUT2D eigenvalue weighted by Crippen LogP contribution is -2.49. The molecule has 0 saturated carbocycles. The van der Waals surface area contributed by atoms with E-state index in [1.54, 1.807) is 12.1 Å². The molecule has 0 radical (unpaired) electrons. The van der Waals surface area contributed by atoms with Gasteiger partial charge < -0.3 is 36.8 Å². The summed E-state index contributed by atoms with van der Waals surface area (Å²) in [6, 6.07) is 5.98. The van der Waals surface area contributed by atoms with Gasteiger partial charge in [-0.25, -0.2) is 0 Å². The molecule has 0 saturated heterocycles. The van der Waals surface area contributed by atoms with E-state index in [1.165, 1.54) is 19.2 Å². The molecule has 26 heavy (non-hydrogen) atoms. The van der Waals surface area contributed by atoms with Crippen LogP contribution in [-0.4, -0.2) is 71.0 Å². The number of amides is 2. The highest BCUT2D eigenvalue weighted by Crippen LogP contribution is 2.17. The van der Waals surface area contributed by atoms with Crippen molar-refractivity contribution in [2.75, 3.05) is 20.1 Å². The highest BCUT2D eigenvalue weighted by atomic mass is 16.4. The van der Waals surface area contributed by atoms with Crippen LogP contribution in [0.2, 0.25) is 0 Å². The zero-order valence-electron chi connectivity index (χ0n) is 14.5. The first-order valence-electron chi connectivity index (χ1n) is 7.96. The molecular weight excluding hydrogens is 341 g/mol. The first-order valence-corrected chi connectivity index (χ1v) is 7.96. The number of rotatable bonds is 9. The third kappa shape index (κ3) is 6.99. The van der Waals surface area contributed by atoms with Crippen molar-refractivity contribution in [3.05, 3.63) is 29.8 Å². The van der Waals surface area contributed by atoms with Gasteiger partial charge in [0.2, 0.25) is 5.91 Å². The van der Waals surface area contributed by atoms with E-state index in [0.717, 1.165) is 4.90 Å². The quantitative estimate of drug-likeness (QED) is 0.127. The van der Waals surface area contributed by atoms with Crippen molar-refractivity contribution < 1.29 is 24.7 Å². The van der Waals surface area contributed by atoms with Gasteiger partial charge in [0.25, 0.3) is 5.91 Å². The number of aliphatic imine (C=N–C) groups is 1. The Bertz CT molecular complexity index is 651. The molecule has 10 nitrogen and oxygen atoms in total. The molecule has 0 aliphatic carbocycles. The van der Waals surface area contributed by atoms with E-state index in [9.17, 15) is 24.7 Å². The van der Waals surface area contributed by atoms with Gasteiger partial charge in [0.1, 0.15) is 5.75 Å². The summed E-state index contributed by atoms with van der Waals surface area (Å²) in [6.07, 6.45) is 0.657. The van der Waals surface area contributed by atoms with Crippen molar-refractivity contribution in [1.29, 1.82) is 0 Å². The topological polar surface area (TPSA) is 174 Å². The molecule has 0 aliphatic heterocycles. The van der Waals surface area contributed by atoms with Gasteiger partial charge in [0.05, 0.1) is 18.0 Å². The van der Waals surface area contributed by atoms with Crippen LogP contribution in [0.25, 0.3) is 0 Å². The summed E-state index contributed by atoms with van der Waals surface area (Å²) < 4.78 is 0. The van der Waals surface area contributed by atoms with Crippen LogP contribution in [-0.2, 0) is 4.79 Å². The molecule has 1 atom stereocenters. The number of carbonyl (C=O) groups excluding carboxylic acids is 2. The van der Waals surface area contributed by atoms with Crippen molar-refractivity contribution in [3.63, 3.8) is 0 Å². The predicted molar refractivity (Wildman–Crippen MR) is 97.1 cm³/mol. The largest absolute Gasteiger partial charge is 0.507 e. The van der Waals surface area contributed by atoms with Gasteiger partial charge in [-0.15, -0.1) is 0 Å². The van der Waals surface area contributed by atoms with Crippen LogP contribution in [0.3, 0.4) is 0 Å². The Balaban J connectivity index is 2.57. The second-order valence-corrected chi connectivity index (χ2v) is 5.71. The van der Waals surface area contributed by atoms with E-state index < -0.39 is 24.9 Å². The number of para-hydroxylation sites is 1. The molecule has 0 bridgehead atoms. The second kappa shape index (κ2) is 10.3. The molecule has 0 fully saturated rings. The Labute approximate surface area is 151 Å². The molecule has 142 valence electrons. The van der Waals surface area contributed by atoms with Gasteiger partial charge in [-0.2, -0.15) is 0 Å². The minimum atomic E-state index is -1.77. The number of nitrogens with one attached hydrogen (secondary N) is 1. The van der Waals surface area contributed by atoms with E-state index in [-0.39, 0.29) is 36.8 Å². The van der Waals surface area contributed by atoms with Crippen LogP contribution >= 0.6 is 0 Å². The lowest BCUT2D eigenvalue weighted by Gasteiger charge is -2.21. The zero-order chi connectivity index (χ0) is 19.7. The van der Waals surface area contributed by atoms with Crippen LogP contribution < -0.4 is 16.8 Å². The van der Waals surface area contributed by atoms with Crippen LogP contribution in [0.15, 0.2) is 29.3 Å². The van der Waals surface area contributed by atoms with Gasteiger partial charge in [-0.3, -0.25) is 14.6 Å². The van der Waals surface area contributed by atoms with Crippen molar-refractivity contribution >= 4 is 24.9 Å². The maximum absolute atomic E-state index is 12.2. The lowest BCUT2D eigenvalue weighted by molar-refractivity contribution is -0.122. The van der Waals surface area contributed by atoms with Gasteiger partial charge in [-0.05, 0) is 25.0 Å². The Kier molecular flexibility index (Phi) is 8.39. The normalized spacial score (nSPS) is 11.3. The molecule has 0 heterocycles. The summed E-state index contributed by atoms with van der Waals surface area (Å²) in [5, 5.41) is 30.9. The monoisotopic (exact) mass is 365 g/mol. The predicted octanol–water partition coefficient (Wildman–Crippen LogP) is -1.99. The van der Waals surface area contributed by atoms with Gasteiger partial charge >= 0.3 is 7.12 Å². The fourth-order valence-electron chi connectivity index (χ4n) is 2.21. The molecule has 1 aromatic carbocycles. The number of likely N-dealkylation sites (N-methyl/N-ethyl adjacent to an activating group) is 1. The summed E-state index contributed by atoms with van der Waals surface area (Å²) in [4.78, 5) is 29.2. The first kappa shape index (κ1) is 21.3. The van der Waals surface area contributed by atoms with E-state index >= 15 is 0 Å². The number of guanidine groups is 1. The van der Waals surface area contributed by atoms with Crippen LogP contribution in [0.4, 0.5) is 0 Å². The van der Waals surface area contributed by atoms with E-state index in [2.05, 4.69) is 10.3 Å². The first-order chi connectivity index (χ1) is 12.2. The third-order valence-electron chi connectivity index (χ3n) is 3.54. The number of nitrogens with two attached hydrogens (primary N) is 2. The highest BCUT2D eigenvalue weighted by molar-refractivity contribution is 6.43. The number of phenolic OH excluding ortho intramolecular Hbond substituents is 1. The Morgan fingerprint density at radius 2 is 1.96 bits per heavy atom. The number of hydrogen-bond acceptors (Lipinski definition) is 6. The summed E-state index contributed by atoms with van der Waals surface area (Å²) in [5.41, 5.74) is 10.5. The second-order valence-electron chi connectivity index (χ2n) is 5.71. The number of benzene rings is 1. The number of aromatic hydroxyl groups is 1. The maximum atomic E-state index is 12.2. The molecule has 8 N–H and O–H groups in total. The number of phenols is 1. The van der Waals surface area contributed by atoms with Gasteiger partial charge in [0.15, 0.2) is 5.96 Å². The minimum absolute atomic E-state index is 0.0683. The third-order valence-corrected chi connectivity index (χ3v) is 3.54. The molecular formula is C15H24BN5O5. The number of nitrogens with zero attached hydrogens (tertiary/aromatic N) is 2. The van der Waals surface area contributed by atoms with E-state index in [1.807, 2.05) is 0 Å². The number of carbonyl (C=O) groups is 2. The van der Waals surface area contributed by atoms with Crippen LogP contribution in [0, 0.1) is 0 Å². The maximum Gasteiger partial charge on any atom is 0.475 e. The van der Waals surface area contributed by atoms with Crippen molar-refractivity contribution in [3.8, 4) is 5.75 Å². The summed E-state index contributed by atoms with van der Waals surface area (Å²) >= 11 is 0. The molecule has 0 aromatic heterocycles. The fourth-order valence-corrected chi connectivity index (χ4v) is 2.21. The van der Waals surface area contributed by atoms with Crippen molar-refractivity contribution in [1.82, 2.24) is 10.2 Å². The Morgan fingerprint density at radius 1 is 1.31 bits per heavy atom. The molecule has 1 aromatic rings. The summed E-state index contributed by atoms with van der Waals surface area (Å²) in [5.74, 6) is -2.29. The van der Waals surface area contributed by atoms with Crippen molar-refractivity contribution in [2.45, 2.75) is 18.8 Å². The van der Waals surface area contributed by atoms with E-state index in [0.29, 0.717) is 6.42 Å².